The SMILES string of the molecule is CNc1ccccc1C(=O)NCC1C(C)(C)C1(C)C. The van der Waals surface area contributed by atoms with E-state index in [2.05, 4.69) is 38.3 Å². The molecule has 1 aromatic carbocycles. The zero-order valence-electron chi connectivity index (χ0n) is 12.5. The van der Waals surface area contributed by atoms with Crippen LogP contribution in [0.4, 0.5) is 5.69 Å². The summed E-state index contributed by atoms with van der Waals surface area (Å²) in [6.07, 6.45) is 0. The van der Waals surface area contributed by atoms with Crippen LogP contribution in [0.15, 0.2) is 24.3 Å². The van der Waals surface area contributed by atoms with Crippen molar-refractivity contribution in [2.24, 2.45) is 16.7 Å². The lowest BCUT2D eigenvalue weighted by molar-refractivity contribution is 0.0950. The van der Waals surface area contributed by atoms with Crippen LogP contribution in [0.1, 0.15) is 38.1 Å². The maximum Gasteiger partial charge on any atom is 0.253 e. The third-order valence-corrected chi connectivity index (χ3v) is 5.23. The van der Waals surface area contributed by atoms with Gasteiger partial charge < -0.3 is 10.6 Å². The van der Waals surface area contributed by atoms with Crippen molar-refractivity contribution < 1.29 is 4.79 Å². The highest BCUT2D eigenvalue weighted by Crippen LogP contribution is 2.67. The van der Waals surface area contributed by atoms with Crippen LogP contribution in [0.5, 0.6) is 0 Å². The Morgan fingerprint density at radius 3 is 2.26 bits per heavy atom. The molecule has 0 saturated heterocycles. The van der Waals surface area contributed by atoms with E-state index in [4.69, 9.17) is 0 Å². The van der Waals surface area contributed by atoms with Gasteiger partial charge in [0.1, 0.15) is 0 Å². The van der Waals surface area contributed by atoms with E-state index < -0.39 is 0 Å². The standard InChI is InChI=1S/C16H24N2O/c1-15(2)13(16(15,3)4)10-18-14(19)11-8-6-7-9-12(11)17-5/h6-9,13,17H,10H2,1-5H3,(H,18,19). The van der Waals surface area contributed by atoms with Gasteiger partial charge in [-0.05, 0) is 28.9 Å². The minimum absolute atomic E-state index is 0.00319. The molecule has 3 heteroatoms. The van der Waals surface area contributed by atoms with Gasteiger partial charge >= 0.3 is 0 Å². The van der Waals surface area contributed by atoms with Crippen LogP contribution in [0.3, 0.4) is 0 Å². The van der Waals surface area contributed by atoms with E-state index in [1.54, 1.807) is 0 Å². The summed E-state index contributed by atoms with van der Waals surface area (Å²) >= 11 is 0. The number of carbonyl (C=O) groups excluding carboxylic acids is 1. The van der Waals surface area contributed by atoms with Crippen molar-refractivity contribution in [3.63, 3.8) is 0 Å². The third-order valence-electron chi connectivity index (χ3n) is 5.23. The van der Waals surface area contributed by atoms with Gasteiger partial charge in [0, 0.05) is 19.3 Å². The summed E-state index contributed by atoms with van der Waals surface area (Å²) < 4.78 is 0. The molecule has 0 spiro atoms. The van der Waals surface area contributed by atoms with Gasteiger partial charge in [-0.15, -0.1) is 0 Å². The Kier molecular flexibility index (Phi) is 3.33. The Labute approximate surface area is 115 Å². The molecule has 0 atom stereocenters. The molecule has 0 bridgehead atoms. The van der Waals surface area contributed by atoms with Gasteiger partial charge in [-0.2, -0.15) is 0 Å². The zero-order valence-corrected chi connectivity index (χ0v) is 12.5. The summed E-state index contributed by atoms with van der Waals surface area (Å²) in [7, 11) is 1.83. The normalized spacial score (nSPS) is 19.8. The van der Waals surface area contributed by atoms with Crippen LogP contribution >= 0.6 is 0 Å². The number of nitrogens with one attached hydrogen (secondary N) is 2. The van der Waals surface area contributed by atoms with Crippen LogP contribution in [0.25, 0.3) is 0 Å². The minimum atomic E-state index is 0.00319. The third kappa shape index (κ3) is 2.22. The second-order valence-corrected chi connectivity index (χ2v) is 6.50. The Morgan fingerprint density at radius 2 is 1.74 bits per heavy atom. The minimum Gasteiger partial charge on any atom is -0.387 e. The molecule has 3 nitrogen and oxygen atoms in total. The molecule has 19 heavy (non-hydrogen) atoms. The number of hydrogen-bond donors (Lipinski definition) is 2. The number of benzene rings is 1. The molecule has 2 N–H and O–H groups in total. The Hall–Kier alpha value is -1.51. The summed E-state index contributed by atoms with van der Waals surface area (Å²) in [5, 5.41) is 6.12. The fourth-order valence-electron chi connectivity index (χ4n) is 3.03. The molecule has 104 valence electrons. The second-order valence-electron chi connectivity index (χ2n) is 6.50. The van der Waals surface area contributed by atoms with Gasteiger partial charge in [0.15, 0.2) is 0 Å². The van der Waals surface area contributed by atoms with Gasteiger partial charge in [0.2, 0.25) is 0 Å². The van der Waals surface area contributed by atoms with Crippen LogP contribution < -0.4 is 10.6 Å². The molecule has 1 amide bonds. The largest absolute Gasteiger partial charge is 0.387 e. The molecule has 1 fully saturated rings. The van der Waals surface area contributed by atoms with Crippen molar-refractivity contribution in [3.05, 3.63) is 29.8 Å². The Morgan fingerprint density at radius 1 is 1.16 bits per heavy atom. The molecular weight excluding hydrogens is 236 g/mol. The molecule has 0 heterocycles. The van der Waals surface area contributed by atoms with Crippen LogP contribution in [-0.4, -0.2) is 19.5 Å². The quantitative estimate of drug-likeness (QED) is 0.873. The summed E-state index contributed by atoms with van der Waals surface area (Å²) in [5.41, 5.74) is 2.20. The molecular formula is C16H24N2O. The highest BCUT2D eigenvalue weighted by atomic mass is 16.1. The molecule has 0 aliphatic heterocycles. The van der Waals surface area contributed by atoms with E-state index in [1.165, 1.54) is 0 Å². The topological polar surface area (TPSA) is 41.1 Å². The van der Waals surface area contributed by atoms with Crippen molar-refractivity contribution in [2.45, 2.75) is 27.7 Å². The van der Waals surface area contributed by atoms with Gasteiger partial charge in [-0.3, -0.25) is 4.79 Å². The fraction of sp³-hybridized carbons (Fsp3) is 0.562. The maximum absolute atomic E-state index is 12.2. The first-order valence-electron chi connectivity index (χ1n) is 6.87. The summed E-state index contributed by atoms with van der Waals surface area (Å²) in [4.78, 5) is 12.2. The first-order valence-corrected chi connectivity index (χ1v) is 6.87. The molecule has 1 saturated carbocycles. The predicted molar refractivity (Wildman–Crippen MR) is 79.4 cm³/mol. The number of anilines is 1. The monoisotopic (exact) mass is 260 g/mol. The van der Waals surface area contributed by atoms with Crippen molar-refractivity contribution in [2.75, 3.05) is 18.9 Å². The number of rotatable bonds is 4. The Balaban J connectivity index is 2.00. The van der Waals surface area contributed by atoms with E-state index in [0.29, 0.717) is 22.3 Å². The van der Waals surface area contributed by atoms with Gasteiger partial charge in [-0.25, -0.2) is 0 Å². The van der Waals surface area contributed by atoms with Crippen LogP contribution in [0.2, 0.25) is 0 Å². The van der Waals surface area contributed by atoms with Crippen LogP contribution in [-0.2, 0) is 0 Å². The van der Waals surface area contributed by atoms with Crippen LogP contribution in [0, 0.1) is 16.7 Å². The summed E-state index contributed by atoms with van der Waals surface area (Å²) in [6.45, 7) is 9.82. The number of hydrogen-bond acceptors (Lipinski definition) is 2. The first-order chi connectivity index (χ1) is 8.82. The van der Waals surface area contributed by atoms with Gasteiger partial charge in [0.05, 0.1) is 5.56 Å². The number of amides is 1. The lowest BCUT2D eigenvalue weighted by Gasteiger charge is -2.10. The van der Waals surface area contributed by atoms with E-state index >= 15 is 0 Å². The van der Waals surface area contributed by atoms with Crippen molar-refractivity contribution in [3.8, 4) is 0 Å². The van der Waals surface area contributed by atoms with E-state index in [1.807, 2.05) is 31.3 Å². The molecule has 2 rings (SSSR count). The average Bonchev–Trinajstić information content (AvgIpc) is 2.76. The molecule has 0 radical (unpaired) electrons. The molecule has 0 aromatic heterocycles. The average molecular weight is 260 g/mol. The molecule has 0 unspecified atom stereocenters. The van der Waals surface area contributed by atoms with E-state index in [0.717, 1.165) is 12.2 Å². The second kappa shape index (κ2) is 4.55. The lowest BCUT2D eigenvalue weighted by Crippen LogP contribution is -2.27. The van der Waals surface area contributed by atoms with Gasteiger partial charge in [-0.1, -0.05) is 39.8 Å². The summed E-state index contributed by atoms with van der Waals surface area (Å²) in [6, 6.07) is 7.58. The fourth-order valence-corrected chi connectivity index (χ4v) is 3.03. The predicted octanol–water partition coefficient (Wildman–Crippen LogP) is 3.14. The number of para-hydroxylation sites is 1. The van der Waals surface area contributed by atoms with E-state index in [-0.39, 0.29) is 5.91 Å². The Bertz CT molecular complexity index is 477. The lowest BCUT2D eigenvalue weighted by atomic mass is 10.0. The maximum atomic E-state index is 12.2. The highest BCUT2D eigenvalue weighted by molar-refractivity contribution is 5.99. The number of carbonyl (C=O) groups is 1. The van der Waals surface area contributed by atoms with Gasteiger partial charge in [0.25, 0.3) is 5.91 Å². The van der Waals surface area contributed by atoms with E-state index in [9.17, 15) is 4.79 Å². The smallest absolute Gasteiger partial charge is 0.253 e. The zero-order chi connectivity index (χ0) is 14.3. The highest BCUT2D eigenvalue weighted by Gasteiger charge is 2.64. The molecule has 1 aliphatic carbocycles. The summed E-state index contributed by atoms with van der Waals surface area (Å²) in [5.74, 6) is 0.550. The molecule has 1 aromatic rings. The van der Waals surface area contributed by atoms with Crippen molar-refractivity contribution in [1.29, 1.82) is 0 Å². The van der Waals surface area contributed by atoms with Crippen molar-refractivity contribution in [1.82, 2.24) is 5.32 Å². The molecule has 1 aliphatic rings. The van der Waals surface area contributed by atoms with Crippen molar-refractivity contribution >= 4 is 11.6 Å². The first kappa shape index (κ1) is 13.9.